The van der Waals surface area contributed by atoms with Crippen LogP contribution < -0.4 is 0 Å². The zero-order valence-corrected chi connectivity index (χ0v) is 7.48. The van der Waals surface area contributed by atoms with Gasteiger partial charge in [-0.15, -0.1) is 0 Å². The molecule has 0 aliphatic rings. The second-order valence-corrected chi connectivity index (χ2v) is 3.21. The summed E-state index contributed by atoms with van der Waals surface area (Å²) in [6.45, 7) is 0. The predicted octanol–water partition coefficient (Wildman–Crippen LogP) is 3.37. The Balaban J connectivity index is 3.09. The molecule has 0 aliphatic carbocycles. The van der Waals surface area contributed by atoms with Crippen LogP contribution in [0.5, 0.6) is 0 Å². The summed E-state index contributed by atoms with van der Waals surface area (Å²) in [6.07, 6.45) is -2.73. The van der Waals surface area contributed by atoms with Crippen molar-refractivity contribution in [1.29, 1.82) is 0 Å². The first kappa shape index (κ1) is 8.83. The third-order valence-electron chi connectivity index (χ3n) is 1.20. The average molecular weight is 272 g/mol. The summed E-state index contributed by atoms with van der Waals surface area (Å²) in [7, 11) is 0. The van der Waals surface area contributed by atoms with Gasteiger partial charge in [-0.1, -0.05) is 0 Å². The molecule has 0 N–H and O–H groups in total. The maximum atomic E-state index is 12.6. The number of rotatable bonds is 1. The summed E-state index contributed by atoms with van der Waals surface area (Å²) in [6, 6.07) is 3.63. The summed E-state index contributed by atoms with van der Waals surface area (Å²) in [5.41, 5.74) is -0.537. The molecule has 1 aromatic carbocycles. The van der Waals surface area contributed by atoms with E-state index in [9.17, 15) is 13.2 Å². The van der Waals surface area contributed by atoms with Gasteiger partial charge < -0.3 is 0 Å². The van der Waals surface area contributed by atoms with Crippen molar-refractivity contribution in [2.75, 3.05) is 0 Å². The van der Waals surface area contributed by atoms with E-state index in [1.807, 2.05) is 22.6 Å². The molecule has 1 rings (SSSR count). The van der Waals surface area contributed by atoms with Gasteiger partial charge in [-0.25, -0.2) is 13.2 Å². The van der Waals surface area contributed by atoms with Gasteiger partial charge in [0.25, 0.3) is 6.43 Å². The van der Waals surface area contributed by atoms with Crippen molar-refractivity contribution in [2.45, 2.75) is 6.43 Å². The quantitative estimate of drug-likeness (QED) is 0.687. The van der Waals surface area contributed by atoms with E-state index >= 15 is 0 Å². The monoisotopic (exact) mass is 272 g/mol. The molecule has 0 radical (unpaired) electrons. The van der Waals surface area contributed by atoms with Crippen molar-refractivity contribution >= 4 is 22.6 Å². The summed E-state index contributed by atoms with van der Waals surface area (Å²) in [5, 5.41) is 0. The van der Waals surface area contributed by atoms with E-state index < -0.39 is 17.8 Å². The van der Waals surface area contributed by atoms with Gasteiger partial charge in [-0.2, -0.15) is 0 Å². The zero-order chi connectivity index (χ0) is 8.43. The fourth-order valence-corrected chi connectivity index (χ4v) is 1.13. The molecule has 0 spiro atoms. The molecule has 0 atom stereocenters. The van der Waals surface area contributed by atoms with Gasteiger partial charge in [-0.05, 0) is 40.8 Å². The van der Waals surface area contributed by atoms with E-state index in [-0.39, 0.29) is 0 Å². The lowest BCUT2D eigenvalue weighted by molar-refractivity contribution is 0.146. The molecule has 0 fully saturated rings. The van der Waals surface area contributed by atoms with Crippen molar-refractivity contribution in [1.82, 2.24) is 0 Å². The molecule has 0 unspecified atom stereocenters. The normalized spacial score (nSPS) is 10.6. The summed E-state index contributed by atoms with van der Waals surface area (Å²) in [5.74, 6) is -0.841. The van der Waals surface area contributed by atoms with Crippen molar-refractivity contribution < 1.29 is 13.2 Å². The highest BCUT2D eigenvalue weighted by Crippen LogP contribution is 2.22. The van der Waals surface area contributed by atoms with Crippen molar-refractivity contribution in [3.05, 3.63) is 33.1 Å². The molecular weight excluding hydrogens is 268 g/mol. The molecule has 11 heavy (non-hydrogen) atoms. The average Bonchev–Trinajstić information content (AvgIpc) is 1.85. The van der Waals surface area contributed by atoms with E-state index in [0.717, 1.165) is 12.1 Å². The Morgan fingerprint density at radius 1 is 1.27 bits per heavy atom. The Morgan fingerprint density at radius 3 is 2.36 bits per heavy atom. The minimum Gasteiger partial charge on any atom is -0.206 e. The molecule has 1 aromatic rings. The van der Waals surface area contributed by atoms with Crippen molar-refractivity contribution in [2.24, 2.45) is 0 Å². The first-order valence-electron chi connectivity index (χ1n) is 2.84. The SMILES string of the molecule is Fc1cc(I)ccc1C(F)F. The first-order valence-corrected chi connectivity index (χ1v) is 3.92. The molecule has 0 aliphatic heterocycles. The third kappa shape index (κ3) is 2.08. The molecule has 0 heterocycles. The zero-order valence-electron chi connectivity index (χ0n) is 5.32. The molecule has 0 saturated carbocycles. The van der Waals surface area contributed by atoms with Gasteiger partial charge in [0, 0.05) is 3.57 Å². The highest BCUT2D eigenvalue weighted by Gasteiger charge is 2.12. The van der Waals surface area contributed by atoms with Crippen LogP contribution in [-0.2, 0) is 0 Å². The maximum absolute atomic E-state index is 12.6. The second-order valence-electron chi connectivity index (χ2n) is 1.97. The molecule has 60 valence electrons. The minimum atomic E-state index is -2.73. The van der Waals surface area contributed by atoms with Crippen LogP contribution in [0.1, 0.15) is 12.0 Å². The molecule has 4 heteroatoms. The van der Waals surface area contributed by atoms with E-state index in [1.165, 1.54) is 6.07 Å². The lowest BCUT2D eigenvalue weighted by atomic mass is 10.2. The van der Waals surface area contributed by atoms with Crippen LogP contribution in [0.4, 0.5) is 13.2 Å². The van der Waals surface area contributed by atoms with Crippen LogP contribution in [0.25, 0.3) is 0 Å². The largest absolute Gasteiger partial charge is 0.266 e. The number of hydrogen-bond acceptors (Lipinski definition) is 0. The number of benzene rings is 1. The fourth-order valence-electron chi connectivity index (χ4n) is 0.678. The molecule has 0 aromatic heterocycles. The highest BCUT2D eigenvalue weighted by molar-refractivity contribution is 14.1. The van der Waals surface area contributed by atoms with Crippen LogP contribution in [0, 0.1) is 9.39 Å². The van der Waals surface area contributed by atoms with Crippen molar-refractivity contribution in [3.63, 3.8) is 0 Å². The van der Waals surface area contributed by atoms with E-state index in [1.54, 1.807) is 0 Å². The fraction of sp³-hybridized carbons (Fsp3) is 0.143. The van der Waals surface area contributed by atoms with Crippen molar-refractivity contribution in [3.8, 4) is 0 Å². The van der Waals surface area contributed by atoms with Gasteiger partial charge in [0.1, 0.15) is 5.82 Å². The highest BCUT2D eigenvalue weighted by atomic mass is 127. The minimum absolute atomic E-state index is 0.537. The molecule has 0 saturated heterocycles. The molecule has 0 bridgehead atoms. The maximum Gasteiger partial charge on any atom is 0.266 e. The molecule has 0 amide bonds. The van der Waals surface area contributed by atoms with Crippen LogP contribution in [0.3, 0.4) is 0 Å². The van der Waals surface area contributed by atoms with Crippen LogP contribution in [0.2, 0.25) is 0 Å². The molecule has 0 nitrogen and oxygen atoms in total. The van der Waals surface area contributed by atoms with Gasteiger partial charge in [0.2, 0.25) is 0 Å². The smallest absolute Gasteiger partial charge is 0.206 e. The Labute approximate surface area is 75.6 Å². The number of alkyl halides is 2. The first-order chi connectivity index (χ1) is 5.11. The lowest BCUT2D eigenvalue weighted by Gasteiger charge is -2.00. The Hall–Kier alpha value is -0.260. The Morgan fingerprint density at radius 2 is 1.91 bits per heavy atom. The summed E-state index contributed by atoms with van der Waals surface area (Å²) >= 11 is 1.86. The standard InChI is InChI=1S/C7H4F3I/c8-6-3-4(11)1-2-5(6)7(9)10/h1-3,7H. The van der Waals surface area contributed by atoms with Gasteiger partial charge in [0.05, 0.1) is 5.56 Å². The lowest BCUT2D eigenvalue weighted by Crippen LogP contribution is -1.90. The van der Waals surface area contributed by atoms with E-state index in [2.05, 4.69) is 0 Å². The van der Waals surface area contributed by atoms with Crippen LogP contribution in [0.15, 0.2) is 18.2 Å². The number of halogens is 4. The Kier molecular flexibility index (Phi) is 2.75. The predicted molar refractivity (Wildman–Crippen MR) is 44.1 cm³/mol. The van der Waals surface area contributed by atoms with Gasteiger partial charge >= 0.3 is 0 Å². The van der Waals surface area contributed by atoms with Crippen LogP contribution in [-0.4, -0.2) is 0 Å². The molecular formula is C7H4F3I. The van der Waals surface area contributed by atoms with E-state index in [0.29, 0.717) is 3.57 Å². The topological polar surface area (TPSA) is 0 Å². The van der Waals surface area contributed by atoms with Gasteiger partial charge in [0.15, 0.2) is 0 Å². The second kappa shape index (κ2) is 3.42. The van der Waals surface area contributed by atoms with E-state index in [4.69, 9.17) is 0 Å². The Bertz CT molecular complexity index is 260. The summed E-state index contributed by atoms with van der Waals surface area (Å²) in [4.78, 5) is 0. The third-order valence-corrected chi connectivity index (χ3v) is 1.87. The van der Waals surface area contributed by atoms with Gasteiger partial charge in [-0.3, -0.25) is 0 Å². The number of hydrogen-bond donors (Lipinski definition) is 0. The summed E-state index contributed by atoms with van der Waals surface area (Å²) < 4.78 is 37.1. The van der Waals surface area contributed by atoms with Crippen LogP contribution >= 0.6 is 22.6 Å².